The number of hydrogen-bond donors (Lipinski definition) is 0. The molecule has 0 saturated carbocycles. The monoisotopic (exact) mass is 287 g/mol. The third-order valence-electron chi connectivity index (χ3n) is 2.97. The van der Waals surface area contributed by atoms with Gasteiger partial charge in [0.15, 0.2) is 0 Å². The molecule has 0 aromatic heterocycles. The molecule has 6 heteroatoms. The van der Waals surface area contributed by atoms with E-state index in [1.54, 1.807) is 30.1 Å². The van der Waals surface area contributed by atoms with Gasteiger partial charge in [0, 0.05) is 23.7 Å². The summed E-state index contributed by atoms with van der Waals surface area (Å²) in [6.07, 6.45) is 0. The summed E-state index contributed by atoms with van der Waals surface area (Å²) < 4.78 is 30.7. The average molecular weight is 287 g/mol. The van der Waals surface area contributed by atoms with Crippen LogP contribution in [0.1, 0.15) is 12.5 Å². The largest absolute Gasteiger partial charge is 0.497 e. The first-order valence-corrected chi connectivity index (χ1v) is 8.44. The SMILES string of the molecule is CCS(=O)(=O)N1CCSc2ccc(OC)cc2C1. The molecule has 1 heterocycles. The molecule has 0 N–H and O–H groups in total. The first-order valence-electron chi connectivity index (χ1n) is 5.84. The third kappa shape index (κ3) is 2.81. The fourth-order valence-electron chi connectivity index (χ4n) is 1.89. The molecule has 0 atom stereocenters. The molecule has 0 amide bonds. The Bertz CT molecular complexity index is 528. The Labute approximate surface area is 112 Å². The van der Waals surface area contributed by atoms with Crippen molar-refractivity contribution in [2.75, 3.05) is 25.2 Å². The molecule has 1 aromatic rings. The van der Waals surface area contributed by atoms with E-state index in [2.05, 4.69) is 0 Å². The molecule has 100 valence electrons. The lowest BCUT2D eigenvalue weighted by molar-refractivity contribution is 0.408. The van der Waals surface area contributed by atoms with Crippen molar-refractivity contribution in [2.24, 2.45) is 0 Å². The number of fused-ring (bicyclic) bond motifs is 1. The second kappa shape index (κ2) is 5.50. The molecule has 0 spiro atoms. The Morgan fingerprint density at radius 2 is 2.22 bits per heavy atom. The smallest absolute Gasteiger partial charge is 0.214 e. The van der Waals surface area contributed by atoms with E-state index in [1.165, 1.54) is 0 Å². The Kier molecular flexibility index (Phi) is 4.19. The van der Waals surface area contributed by atoms with Gasteiger partial charge in [0.1, 0.15) is 5.75 Å². The molecule has 0 aliphatic carbocycles. The van der Waals surface area contributed by atoms with Crippen LogP contribution in [0, 0.1) is 0 Å². The van der Waals surface area contributed by atoms with Gasteiger partial charge in [0.25, 0.3) is 0 Å². The topological polar surface area (TPSA) is 46.6 Å². The Morgan fingerprint density at radius 1 is 1.44 bits per heavy atom. The Hall–Kier alpha value is -0.720. The van der Waals surface area contributed by atoms with Crippen molar-refractivity contribution in [3.8, 4) is 5.75 Å². The summed E-state index contributed by atoms with van der Waals surface area (Å²) in [7, 11) is -1.51. The summed E-state index contributed by atoms with van der Waals surface area (Å²) in [6.45, 7) is 2.69. The highest BCUT2D eigenvalue weighted by Crippen LogP contribution is 2.31. The maximum absolute atomic E-state index is 12.0. The van der Waals surface area contributed by atoms with Gasteiger partial charge in [-0.3, -0.25) is 0 Å². The van der Waals surface area contributed by atoms with Crippen LogP contribution in [0.3, 0.4) is 0 Å². The molecule has 0 bridgehead atoms. The molecule has 0 saturated heterocycles. The van der Waals surface area contributed by atoms with E-state index >= 15 is 0 Å². The predicted octanol–water partition coefficient (Wildman–Crippen LogP) is 1.95. The molecule has 4 nitrogen and oxygen atoms in total. The lowest BCUT2D eigenvalue weighted by Crippen LogP contribution is -2.32. The Morgan fingerprint density at radius 3 is 2.89 bits per heavy atom. The van der Waals surface area contributed by atoms with Crippen LogP contribution in [0.5, 0.6) is 5.75 Å². The maximum Gasteiger partial charge on any atom is 0.214 e. The fourth-order valence-corrected chi connectivity index (χ4v) is 4.08. The molecule has 0 unspecified atom stereocenters. The van der Waals surface area contributed by atoms with Crippen LogP contribution in [0.2, 0.25) is 0 Å². The van der Waals surface area contributed by atoms with Crippen molar-refractivity contribution in [1.82, 2.24) is 4.31 Å². The second-order valence-electron chi connectivity index (χ2n) is 4.06. The maximum atomic E-state index is 12.0. The van der Waals surface area contributed by atoms with E-state index in [4.69, 9.17) is 4.74 Å². The summed E-state index contributed by atoms with van der Waals surface area (Å²) in [5, 5.41) is 0. The van der Waals surface area contributed by atoms with Gasteiger partial charge in [-0.1, -0.05) is 0 Å². The number of hydrogen-bond acceptors (Lipinski definition) is 4. The zero-order valence-electron chi connectivity index (χ0n) is 10.5. The summed E-state index contributed by atoms with van der Waals surface area (Å²) >= 11 is 1.70. The van der Waals surface area contributed by atoms with Gasteiger partial charge in [0.05, 0.1) is 12.9 Å². The first-order chi connectivity index (χ1) is 8.56. The van der Waals surface area contributed by atoms with Gasteiger partial charge in [-0.2, -0.15) is 4.31 Å². The normalized spacial score (nSPS) is 17.0. The minimum absolute atomic E-state index is 0.150. The Balaban J connectivity index is 2.33. The van der Waals surface area contributed by atoms with E-state index in [1.807, 2.05) is 18.2 Å². The molecular formula is C12H17NO3S2. The molecule has 0 fully saturated rings. The number of rotatable bonds is 3. The van der Waals surface area contributed by atoms with Crippen molar-refractivity contribution < 1.29 is 13.2 Å². The van der Waals surface area contributed by atoms with Crippen LogP contribution in [0.4, 0.5) is 0 Å². The molecule has 0 radical (unpaired) electrons. The highest BCUT2D eigenvalue weighted by atomic mass is 32.2. The van der Waals surface area contributed by atoms with Crippen LogP contribution >= 0.6 is 11.8 Å². The van der Waals surface area contributed by atoms with Crippen molar-refractivity contribution in [2.45, 2.75) is 18.4 Å². The molecule has 1 aliphatic rings. The lowest BCUT2D eigenvalue weighted by Gasteiger charge is -2.19. The average Bonchev–Trinajstić information content (AvgIpc) is 2.60. The number of nitrogens with zero attached hydrogens (tertiary/aromatic N) is 1. The number of methoxy groups -OCH3 is 1. The second-order valence-corrected chi connectivity index (χ2v) is 7.45. The van der Waals surface area contributed by atoms with E-state index in [9.17, 15) is 8.42 Å². The van der Waals surface area contributed by atoms with Crippen molar-refractivity contribution in [1.29, 1.82) is 0 Å². The summed E-state index contributed by atoms with van der Waals surface area (Å²) in [4.78, 5) is 1.14. The number of ether oxygens (including phenoxy) is 1. The van der Waals surface area contributed by atoms with Crippen LogP contribution in [0.15, 0.2) is 23.1 Å². The van der Waals surface area contributed by atoms with Crippen LogP contribution in [-0.4, -0.2) is 37.9 Å². The van der Waals surface area contributed by atoms with E-state index in [-0.39, 0.29) is 5.75 Å². The highest BCUT2D eigenvalue weighted by molar-refractivity contribution is 7.99. The number of sulfonamides is 1. The van der Waals surface area contributed by atoms with Crippen molar-refractivity contribution in [3.63, 3.8) is 0 Å². The molecule has 2 rings (SSSR count). The summed E-state index contributed by atoms with van der Waals surface area (Å²) in [6, 6.07) is 5.84. The van der Waals surface area contributed by atoms with Crippen LogP contribution < -0.4 is 4.74 Å². The minimum Gasteiger partial charge on any atom is -0.497 e. The first kappa shape index (κ1) is 13.7. The zero-order chi connectivity index (χ0) is 13.2. The van der Waals surface area contributed by atoms with E-state index in [0.717, 1.165) is 22.0 Å². The van der Waals surface area contributed by atoms with Gasteiger partial charge in [0.2, 0.25) is 10.0 Å². The van der Waals surface area contributed by atoms with Gasteiger partial charge in [-0.15, -0.1) is 11.8 Å². The fraction of sp³-hybridized carbons (Fsp3) is 0.500. The van der Waals surface area contributed by atoms with Gasteiger partial charge < -0.3 is 4.74 Å². The van der Waals surface area contributed by atoms with Crippen LogP contribution in [0.25, 0.3) is 0 Å². The predicted molar refractivity (Wildman–Crippen MR) is 73.6 cm³/mol. The molecule has 1 aliphatic heterocycles. The van der Waals surface area contributed by atoms with Crippen molar-refractivity contribution >= 4 is 21.8 Å². The lowest BCUT2D eigenvalue weighted by atomic mass is 10.2. The zero-order valence-corrected chi connectivity index (χ0v) is 12.2. The van der Waals surface area contributed by atoms with Gasteiger partial charge in [-0.05, 0) is 30.7 Å². The summed E-state index contributed by atoms with van der Waals surface area (Å²) in [5.74, 6) is 1.71. The number of thioether (sulfide) groups is 1. The van der Waals surface area contributed by atoms with E-state index < -0.39 is 10.0 Å². The molecular weight excluding hydrogens is 270 g/mol. The van der Waals surface area contributed by atoms with E-state index in [0.29, 0.717) is 13.1 Å². The standard InChI is InChI=1S/C12H17NO3S2/c1-3-18(14,15)13-6-7-17-12-5-4-11(16-2)8-10(12)9-13/h4-5,8H,3,6-7,9H2,1-2H3. The molecule has 1 aromatic carbocycles. The van der Waals surface area contributed by atoms with Crippen LogP contribution in [-0.2, 0) is 16.6 Å². The molecule has 18 heavy (non-hydrogen) atoms. The minimum atomic E-state index is -3.13. The number of benzene rings is 1. The van der Waals surface area contributed by atoms with Gasteiger partial charge in [-0.25, -0.2) is 8.42 Å². The summed E-state index contributed by atoms with van der Waals surface area (Å²) in [5.41, 5.74) is 1.02. The third-order valence-corrected chi connectivity index (χ3v) is 5.89. The van der Waals surface area contributed by atoms with Crippen molar-refractivity contribution in [3.05, 3.63) is 23.8 Å². The quantitative estimate of drug-likeness (QED) is 0.852. The highest BCUT2D eigenvalue weighted by Gasteiger charge is 2.24. The van der Waals surface area contributed by atoms with Gasteiger partial charge >= 0.3 is 0 Å².